The molecule has 30 heavy (non-hydrogen) atoms. The van der Waals surface area contributed by atoms with Crippen LogP contribution >= 0.6 is 0 Å². The number of amides is 2. The molecule has 0 unspecified atom stereocenters. The number of ether oxygens (including phenoxy) is 2. The third-order valence-corrected chi connectivity index (χ3v) is 4.56. The van der Waals surface area contributed by atoms with Gasteiger partial charge in [0, 0.05) is 25.3 Å². The second kappa shape index (κ2) is 9.45. The van der Waals surface area contributed by atoms with Gasteiger partial charge < -0.3 is 25.4 Å². The van der Waals surface area contributed by atoms with Crippen LogP contribution in [-0.2, 0) is 9.47 Å². The lowest BCUT2D eigenvalue weighted by Crippen LogP contribution is -2.40. The minimum absolute atomic E-state index is 0.373. The summed E-state index contributed by atoms with van der Waals surface area (Å²) in [5.74, 6) is 0.406. The number of nitrogens with one attached hydrogen (secondary N) is 2. The van der Waals surface area contributed by atoms with Crippen LogP contribution in [0.1, 0.15) is 54.4 Å². The Morgan fingerprint density at radius 3 is 2.13 bits per heavy atom. The van der Waals surface area contributed by atoms with Gasteiger partial charge in [0.2, 0.25) is 0 Å². The van der Waals surface area contributed by atoms with Gasteiger partial charge in [-0.3, -0.25) is 5.32 Å². The first-order valence-electron chi connectivity index (χ1n) is 10.4. The highest BCUT2D eigenvalue weighted by atomic mass is 16.6. The molecule has 1 fully saturated rings. The largest absolute Gasteiger partial charge is 0.444 e. The third-order valence-electron chi connectivity index (χ3n) is 4.56. The highest BCUT2D eigenvalue weighted by Crippen LogP contribution is 2.30. The van der Waals surface area contributed by atoms with E-state index in [1.165, 1.54) is 0 Å². The van der Waals surface area contributed by atoms with Crippen LogP contribution in [0.4, 0.5) is 26.7 Å². The Bertz CT molecular complexity index is 744. The molecule has 8 nitrogen and oxygen atoms in total. The van der Waals surface area contributed by atoms with Crippen molar-refractivity contribution in [1.82, 2.24) is 5.32 Å². The van der Waals surface area contributed by atoms with Gasteiger partial charge in [0.15, 0.2) is 0 Å². The quantitative estimate of drug-likeness (QED) is 0.625. The standard InChI is InChI=1S/C22H36N4O4/c1-21(2,3)29-19(27)24-14-15-9-11-26(12-10-15)18-8-7-16(13-17(18)23)25-20(28)30-22(4,5)6/h7-8,13,15H,9-12,14,23H2,1-6H3,(H,24,27)(H,25,28). The van der Waals surface area contributed by atoms with Crippen molar-refractivity contribution in [2.24, 2.45) is 5.92 Å². The van der Waals surface area contributed by atoms with E-state index in [9.17, 15) is 9.59 Å². The number of carbonyl (C=O) groups is 2. The summed E-state index contributed by atoms with van der Waals surface area (Å²) >= 11 is 0. The Balaban J connectivity index is 1.84. The summed E-state index contributed by atoms with van der Waals surface area (Å²) in [6.07, 6.45) is 1.02. The van der Waals surface area contributed by atoms with Crippen molar-refractivity contribution >= 4 is 29.2 Å². The first-order valence-corrected chi connectivity index (χ1v) is 10.4. The zero-order valence-electron chi connectivity index (χ0n) is 19.0. The summed E-state index contributed by atoms with van der Waals surface area (Å²) < 4.78 is 10.6. The van der Waals surface area contributed by atoms with Crippen molar-refractivity contribution < 1.29 is 19.1 Å². The van der Waals surface area contributed by atoms with Crippen LogP contribution in [0.25, 0.3) is 0 Å². The van der Waals surface area contributed by atoms with Crippen molar-refractivity contribution in [1.29, 1.82) is 0 Å². The predicted molar refractivity (Wildman–Crippen MR) is 120 cm³/mol. The summed E-state index contributed by atoms with van der Waals surface area (Å²) in [5, 5.41) is 5.57. The molecule has 2 amide bonds. The fourth-order valence-corrected chi connectivity index (χ4v) is 3.26. The van der Waals surface area contributed by atoms with Gasteiger partial charge in [0.25, 0.3) is 0 Å². The van der Waals surface area contributed by atoms with Crippen molar-refractivity contribution in [2.45, 2.75) is 65.6 Å². The van der Waals surface area contributed by atoms with Crippen molar-refractivity contribution in [3.63, 3.8) is 0 Å². The monoisotopic (exact) mass is 420 g/mol. The van der Waals surface area contributed by atoms with E-state index in [1.807, 2.05) is 53.7 Å². The molecule has 0 aromatic heterocycles. The molecule has 0 bridgehead atoms. The minimum atomic E-state index is -0.557. The van der Waals surface area contributed by atoms with Crippen molar-refractivity contribution in [2.75, 3.05) is 35.6 Å². The van der Waals surface area contributed by atoms with Gasteiger partial charge in [-0.2, -0.15) is 0 Å². The lowest BCUT2D eigenvalue weighted by molar-refractivity contribution is 0.0515. The Morgan fingerprint density at radius 1 is 1.03 bits per heavy atom. The molecule has 1 aliphatic heterocycles. The van der Waals surface area contributed by atoms with Crippen molar-refractivity contribution in [3.05, 3.63) is 18.2 Å². The van der Waals surface area contributed by atoms with Crippen LogP contribution in [0.3, 0.4) is 0 Å². The Kier molecular flexibility index (Phi) is 7.44. The Labute approximate surface area is 179 Å². The number of hydrogen-bond donors (Lipinski definition) is 3. The van der Waals surface area contributed by atoms with E-state index in [1.54, 1.807) is 6.07 Å². The van der Waals surface area contributed by atoms with Gasteiger partial charge in [0.05, 0.1) is 11.4 Å². The number of carbonyl (C=O) groups excluding carboxylic acids is 2. The molecule has 1 aromatic carbocycles. The van der Waals surface area contributed by atoms with Gasteiger partial charge in [-0.25, -0.2) is 9.59 Å². The summed E-state index contributed by atoms with van der Waals surface area (Å²) in [5.41, 5.74) is 7.34. The van der Waals surface area contributed by atoms with Gasteiger partial charge in [-0.15, -0.1) is 0 Å². The van der Waals surface area contributed by atoms with E-state index in [4.69, 9.17) is 15.2 Å². The fraction of sp³-hybridized carbons (Fsp3) is 0.636. The molecule has 0 radical (unpaired) electrons. The summed E-state index contributed by atoms with van der Waals surface area (Å²) in [4.78, 5) is 26.0. The summed E-state index contributed by atoms with van der Waals surface area (Å²) in [6.45, 7) is 13.3. The van der Waals surface area contributed by atoms with E-state index in [0.717, 1.165) is 31.6 Å². The average molecular weight is 421 g/mol. The summed E-state index contributed by atoms with van der Waals surface area (Å²) in [7, 11) is 0. The smallest absolute Gasteiger partial charge is 0.412 e. The van der Waals surface area contributed by atoms with E-state index in [0.29, 0.717) is 23.8 Å². The summed E-state index contributed by atoms with van der Waals surface area (Å²) in [6, 6.07) is 5.49. The molecule has 4 N–H and O–H groups in total. The van der Waals surface area contributed by atoms with Crippen LogP contribution in [0.5, 0.6) is 0 Å². The molecule has 1 aromatic rings. The molecular formula is C22H36N4O4. The van der Waals surface area contributed by atoms with E-state index >= 15 is 0 Å². The second-order valence-electron chi connectivity index (χ2n) is 9.71. The molecule has 168 valence electrons. The lowest BCUT2D eigenvalue weighted by Gasteiger charge is -2.34. The van der Waals surface area contributed by atoms with Gasteiger partial charge in [0.1, 0.15) is 11.2 Å². The molecule has 2 rings (SSSR count). The number of nitrogens with zero attached hydrogens (tertiary/aromatic N) is 1. The van der Waals surface area contributed by atoms with E-state index in [-0.39, 0.29) is 6.09 Å². The molecule has 0 spiro atoms. The topological polar surface area (TPSA) is 106 Å². The van der Waals surface area contributed by atoms with Crippen LogP contribution in [-0.4, -0.2) is 43.0 Å². The first kappa shape index (κ1) is 23.6. The predicted octanol–water partition coefficient (Wildman–Crippen LogP) is 4.36. The average Bonchev–Trinajstić information content (AvgIpc) is 2.57. The number of alkyl carbamates (subject to hydrolysis) is 1. The zero-order chi connectivity index (χ0) is 22.5. The van der Waals surface area contributed by atoms with Gasteiger partial charge in [-0.1, -0.05) is 0 Å². The highest BCUT2D eigenvalue weighted by molar-refractivity contribution is 5.87. The maximum atomic E-state index is 11.9. The zero-order valence-corrected chi connectivity index (χ0v) is 19.0. The van der Waals surface area contributed by atoms with Crippen LogP contribution in [0, 0.1) is 5.92 Å². The van der Waals surface area contributed by atoms with E-state index < -0.39 is 17.3 Å². The molecule has 1 aliphatic rings. The number of nitrogens with two attached hydrogens (primary N) is 1. The van der Waals surface area contributed by atoms with Crippen molar-refractivity contribution in [3.8, 4) is 0 Å². The molecule has 8 heteroatoms. The van der Waals surface area contributed by atoms with Gasteiger partial charge in [-0.05, 0) is 78.5 Å². The van der Waals surface area contributed by atoms with Crippen LogP contribution in [0.15, 0.2) is 18.2 Å². The van der Waals surface area contributed by atoms with Gasteiger partial charge >= 0.3 is 12.2 Å². The molecule has 0 atom stereocenters. The number of hydrogen-bond acceptors (Lipinski definition) is 6. The number of rotatable bonds is 4. The number of anilines is 3. The van der Waals surface area contributed by atoms with Crippen LogP contribution < -0.4 is 21.3 Å². The lowest BCUT2D eigenvalue weighted by atomic mass is 9.96. The minimum Gasteiger partial charge on any atom is -0.444 e. The molecule has 0 aliphatic carbocycles. The fourth-order valence-electron chi connectivity index (χ4n) is 3.26. The number of benzene rings is 1. The Hall–Kier alpha value is -2.64. The van der Waals surface area contributed by atoms with E-state index in [2.05, 4.69) is 15.5 Å². The maximum Gasteiger partial charge on any atom is 0.412 e. The molecule has 1 saturated heterocycles. The second-order valence-corrected chi connectivity index (χ2v) is 9.71. The SMILES string of the molecule is CC(C)(C)OC(=O)NCC1CCN(c2ccc(NC(=O)OC(C)(C)C)cc2N)CC1. The maximum absolute atomic E-state index is 11.9. The molecular weight excluding hydrogens is 384 g/mol. The highest BCUT2D eigenvalue weighted by Gasteiger charge is 2.23. The number of piperidine rings is 1. The normalized spacial score (nSPS) is 15.5. The first-order chi connectivity index (χ1) is 13.8. The Morgan fingerprint density at radius 2 is 1.60 bits per heavy atom. The van der Waals surface area contributed by atoms with Crippen LogP contribution in [0.2, 0.25) is 0 Å². The third kappa shape index (κ3) is 8.00. The molecule has 1 heterocycles. The number of nitrogen functional groups attached to an aromatic ring is 1. The molecule has 0 saturated carbocycles.